The maximum Gasteiger partial charge on any atom is 0.251 e. The number of hydrogen-bond acceptors (Lipinski definition) is 17. The highest BCUT2D eigenvalue weighted by Gasteiger charge is 2.47. The minimum absolute atomic E-state index is 0.0428. The second kappa shape index (κ2) is 19.4. The van der Waals surface area contributed by atoms with Gasteiger partial charge in [-0.05, 0) is 0 Å². The molecule has 2 rings (SSSR count). The molecule has 11 N–H and O–H groups in total. The van der Waals surface area contributed by atoms with E-state index in [1.165, 1.54) is 0 Å². The van der Waals surface area contributed by atoms with Gasteiger partial charge in [-0.1, -0.05) is 5.21 Å². The Morgan fingerprint density at radius 1 is 1.00 bits per heavy atom. The fourth-order valence-corrected chi connectivity index (χ4v) is 3.76. The Morgan fingerprint density at radius 3 is 2.24 bits per heavy atom. The number of nitrogens with zero attached hydrogens (tertiary/aromatic N) is 3. The van der Waals surface area contributed by atoms with E-state index in [1.807, 2.05) is 0 Å². The Balaban J connectivity index is 1.62. The summed E-state index contributed by atoms with van der Waals surface area (Å²) in [6.07, 6.45) is -14.9. The molecule has 0 unspecified atom stereocenters. The maximum absolute atomic E-state index is 12.3. The molecule has 19 nitrogen and oxygen atoms in total. The monoisotopic (exact) mass is 613 g/mol. The van der Waals surface area contributed by atoms with Gasteiger partial charge in [0.2, 0.25) is 0 Å². The van der Waals surface area contributed by atoms with Crippen LogP contribution in [0.5, 0.6) is 0 Å². The van der Waals surface area contributed by atoms with E-state index in [9.17, 15) is 45.6 Å². The van der Waals surface area contributed by atoms with Gasteiger partial charge in [-0.25, -0.2) is 4.68 Å². The fraction of sp³-hybridized carbons (Fsp3) is 0.870. The lowest BCUT2D eigenvalue weighted by atomic mass is 9.98. The highest BCUT2D eigenvalue weighted by Crippen LogP contribution is 2.25. The van der Waals surface area contributed by atoms with E-state index in [4.69, 9.17) is 29.4 Å². The van der Waals surface area contributed by atoms with Gasteiger partial charge >= 0.3 is 0 Å². The average molecular weight is 614 g/mol. The summed E-state index contributed by atoms with van der Waals surface area (Å²) in [5, 5.41) is 89.4. The van der Waals surface area contributed by atoms with E-state index in [0.717, 1.165) is 0 Å². The summed E-state index contributed by atoms with van der Waals surface area (Å²) >= 11 is 0. The van der Waals surface area contributed by atoms with Gasteiger partial charge in [-0.15, -0.1) is 5.10 Å². The predicted octanol–water partition coefficient (Wildman–Crippen LogP) is -6.84. The summed E-state index contributed by atoms with van der Waals surface area (Å²) in [6.45, 7) is 0.679. The zero-order valence-electron chi connectivity index (χ0n) is 23.0. The van der Waals surface area contributed by atoms with E-state index in [0.29, 0.717) is 38.6 Å². The Labute approximate surface area is 241 Å². The zero-order valence-corrected chi connectivity index (χ0v) is 23.0. The molecule has 1 aliphatic rings. The van der Waals surface area contributed by atoms with Gasteiger partial charge in [0, 0.05) is 19.3 Å². The molecule has 1 aromatic rings. The van der Waals surface area contributed by atoms with Gasteiger partial charge in [0.1, 0.15) is 42.7 Å². The summed E-state index contributed by atoms with van der Waals surface area (Å²) in [5.41, 5.74) is 6.16. The van der Waals surface area contributed by atoms with Crippen LogP contribution in [0.4, 0.5) is 0 Å². The Morgan fingerprint density at radius 2 is 1.64 bits per heavy atom. The lowest BCUT2D eigenvalue weighted by Gasteiger charge is -2.42. The van der Waals surface area contributed by atoms with Crippen LogP contribution >= 0.6 is 0 Å². The van der Waals surface area contributed by atoms with E-state index in [2.05, 4.69) is 15.6 Å². The normalized spacial score (nSPS) is 25.6. The number of carbonyl (C=O) groups is 1. The molecule has 1 saturated heterocycles. The van der Waals surface area contributed by atoms with Crippen molar-refractivity contribution in [2.75, 3.05) is 59.4 Å². The van der Waals surface area contributed by atoms with Crippen molar-refractivity contribution in [3.63, 3.8) is 0 Å². The number of amides is 1. The first-order valence-corrected chi connectivity index (χ1v) is 13.4. The molecule has 1 aromatic heterocycles. The summed E-state index contributed by atoms with van der Waals surface area (Å²) in [6, 6.07) is 0. The largest absolute Gasteiger partial charge is 0.394 e. The molecule has 1 aliphatic heterocycles. The molecule has 19 heteroatoms. The van der Waals surface area contributed by atoms with Crippen molar-refractivity contribution < 1.29 is 69.3 Å². The van der Waals surface area contributed by atoms with Crippen LogP contribution in [0, 0.1) is 0 Å². The molecule has 9 atom stereocenters. The third-order valence-electron chi connectivity index (χ3n) is 6.18. The zero-order chi connectivity index (χ0) is 31.1. The molecule has 0 saturated carbocycles. The number of ether oxygens (including phenoxy) is 5. The van der Waals surface area contributed by atoms with Crippen molar-refractivity contribution in [2.45, 2.75) is 68.2 Å². The molecule has 244 valence electrons. The summed E-state index contributed by atoms with van der Waals surface area (Å²) in [5.74, 6) is -1.06. The van der Waals surface area contributed by atoms with E-state index in [-0.39, 0.29) is 26.4 Å². The summed E-state index contributed by atoms with van der Waals surface area (Å²) in [7, 11) is 0. The number of hydrogen-bond donors (Lipinski definition) is 10. The molecule has 1 amide bonds. The quantitative estimate of drug-likeness (QED) is 0.0576. The van der Waals surface area contributed by atoms with Crippen LogP contribution in [0.3, 0.4) is 0 Å². The minimum atomic E-state index is -2.16. The van der Waals surface area contributed by atoms with Gasteiger partial charge in [0.15, 0.2) is 12.4 Å². The van der Waals surface area contributed by atoms with Crippen molar-refractivity contribution in [2.24, 2.45) is 5.73 Å². The third-order valence-corrected chi connectivity index (χ3v) is 6.18. The average Bonchev–Trinajstić information content (AvgIpc) is 3.47. The molecular weight excluding hydrogens is 570 g/mol. The molecule has 0 spiro atoms. The minimum Gasteiger partial charge on any atom is -0.394 e. The van der Waals surface area contributed by atoms with Crippen molar-refractivity contribution >= 4 is 5.91 Å². The van der Waals surface area contributed by atoms with Crippen LogP contribution in [0.25, 0.3) is 0 Å². The van der Waals surface area contributed by atoms with Crippen molar-refractivity contribution in [1.82, 2.24) is 20.3 Å². The van der Waals surface area contributed by atoms with Gasteiger partial charge in [0.25, 0.3) is 5.91 Å². The maximum atomic E-state index is 12.3. The highest BCUT2D eigenvalue weighted by molar-refractivity contribution is 5.81. The lowest BCUT2D eigenvalue weighted by Crippen LogP contribution is -2.62. The lowest BCUT2D eigenvalue weighted by molar-refractivity contribution is -0.326. The Bertz CT molecular complexity index is 882. The van der Waals surface area contributed by atoms with E-state index >= 15 is 0 Å². The molecule has 0 aromatic carbocycles. The van der Waals surface area contributed by atoms with Crippen molar-refractivity contribution in [1.29, 1.82) is 0 Å². The third kappa shape index (κ3) is 11.3. The first-order valence-electron chi connectivity index (χ1n) is 13.4. The molecule has 42 heavy (non-hydrogen) atoms. The molecule has 0 aliphatic carbocycles. The molecule has 0 bridgehead atoms. The summed E-state index contributed by atoms with van der Waals surface area (Å²) in [4.78, 5) is 12.3. The van der Waals surface area contributed by atoms with Gasteiger partial charge in [-0.3, -0.25) is 4.79 Å². The number of aliphatic hydroxyl groups excluding tert-OH is 8. The number of aromatic nitrogens is 3. The van der Waals surface area contributed by atoms with Crippen LogP contribution < -0.4 is 11.1 Å². The Hall–Kier alpha value is -1.95. The van der Waals surface area contributed by atoms with Gasteiger partial charge in [-0.2, -0.15) is 0 Å². The van der Waals surface area contributed by atoms with Crippen LogP contribution in [-0.2, 0) is 41.6 Å². The fourth-order valence-electron chi connectivity index (χ4n) is 3.76. The number of nitrogens with one attached hydrogen (secondary N) is 1. The molecule has 1 fully saturated rings. The predicted molar refractivity (Wildman–Crippen MR) is 137 cm³/mol. The number of rotatable bonds is 21. The van der Waals surface area contributed by atoms with Gasteiger partial charge in [0.05, 0.1) is 65.1 Å². The Kier molecular flexibility index (Phi) is 16.7. The first kappa shape index (κ1) is 36.2. The molecular formula is C23H43N5O14. The van der Waals surface area contributed by atoms with Gasteiger partial charge < -0.3 is 75.6 Å². The smallest absolute Gasteiger partial charge is 0.251 e. The second-order valence-electron chi connectivity index (χ2n) is 9.29. The van der Waals surface area contributed by atoms with E-state index < -0.39 is 74.2 Å². The van der Waals surface area contributed by atoms with Crippen molar-refractivity contribution in [3.05, 3.63) is 11.9 Å². The topological polar surface area (TPSA) is 294 Å². The number of nitrogens with two attached hydrogens (primary N) is 1. The van der Waals surface area contributed by atoms with Crippen LogP contribution in [0.15, 0.2) is 6.20 Å². The van der Waals surface area contributed by atoms with E-state index in [1.54, 1.807) is 10.9 Å². The first-order chi connectivity index (χ1) is 20.1. The second-order valence-corrected chi connectivity index (χ2v) is 9.29. The SMILES string of the molecule is NCc1cn(CCOCCOCCOCCNC(=O)[C@H](O)[C@@H](O)[C@H](O[C@H]2O[C@H](CO)[C@@H](O)[C@H](O)[C@H]2O)[C@H](O)CO)nn1. The summed E-state index contributed by atoms with van der Waals surface area (Å²) < 4.78 is 28.2. The van der Waals surface area contributed by atoms with Crippen molar-refractivity contribution in [3.8, 4) is 0 Å². The molecule has 2 heterocycles. The van der Waals surface area contributed by atoms with Crippen LogP contribution in [0.2, 0.25) is 0 Å². The van der Waals surface area contributed by atoms with Crippen LogP contribution in [0.1, 0.15) is 5.69 Å². The number of aliphatic hydroxyl groups is 8. The molecule has 0 radical (unpaired) electrons. The highest BCUT2D eigenvalue weighted by atomic mass is 16.7. The standard InChI is InChI=1S/C23H43N5O14/c24-9-13-10-28(27-26-13)2-4-39-6-8-40-7-5-38-3-1-25-22(37)19(35)18(34)21(14(31)11-29)42-23-20(36)17(33)16(32)15(12-30)41-23/h10,14-21,23,29-36H,1-9,11-12,24H2,(H,25,37)/t14-,15-,16-,17+,18-,19-,20-,21-,23-/m1/s1. The number of carbonyl (C=O) groups excluding carboxylic acids is 1. The van der Waals surface area contributed by atoms with Crippen LogP contribution in [-0.4, -0.2) is 176 Å².